The fraction of sp³-hybridized carbons (Fsp3) is 1.00. The summed E-state index contributed by atoms with van der Waals surface area (Å²) in [7, 11) is 0. The van der Waals surface area contributed by atoms with Crippen LogP contribution < -0.4 is 5.32 Å². The number of hydrogen-bond donors (Lipinski definition) is 2. The number of thiol groups is 1. The van der Waals surface area contributed by atoms with Crippen LogP contribution in [0.4, 0.5) is 0 Å². The second kappa shape index (κ2) is 1.67. The molecule has 1 fully saturated rings. The lowest BCUT2D eigenvalue weighted by atomic mass is 10.1. The summed E-state index contributed by atoms with van der Waals surface area (Å²) >= 11 is 4.39. The van der Waals surface area contributed by atoms with Gasteiger partial charge in [0.2, 0.25) is 0 Å². The largest absolute Gasteiger partial charge is 0.315 e. The van der Waals surface area contributed by atoms with E-state index < -0.39 is 0 Å². The van der Waals surface area contributed by atoms with Crippen LogP contribution in [0, 0.1) is 0 Å². The lowest BCUT2D eigenvalue weighted by Crippen LogP contribution is -2.19. The number of nitrogens with one attached hydrogen (secondary N) is 1. The smallest absolute Gasteiger partial charge is 0.0238 e. The topological polar surface area (TPSA) is 12.0 Å². The van der Waals surface area contributed by atoms with Gasteiger partial charge in [-0.25, -0.2) is 0 Å². The Morgan fingerprint density at radius 1 is 1.71 bits per heavy atom. The summed E-state index contributed by atoms with van der Waals surface area (Å²) in [6.07, 6.45) is 1.20. The Labute approximate surface area is 49.9 Å². The Balaban J connectivity index is 2.40. The summed E-state index contributed by atoms with van der Waals surface area (Å²) in [5.74, 6) is 0. The Hall–Kier alpha value is 0.310. The van der Waals surface area contributed by atoms with E-state index in [0.717, 1.165) is 13.1 Å². The van der Waals surface area contributed by atoms with Crippen LogP contribution in [-0.4, -0.2) is 17.8 Å². The zero-order chi connectivity index (χ0) is 5.33. The predicted octanol–water partition coefficient (Wildman–Crippen LogP) is 0.668. The van der Waals surface area contributed by atoms with E-state index in [-0.39, 0.29) is 4.75 Å². The van der Waals surface area contributed by atoms with Crippen molar-refractivity contribution in [1.82, 2.24) is 5.32 Å². The molecule has 2 heteroatoms. The lowest BCUT2D eigenvalue weighted by Gasteiger charge is -2.11. The summed E-state index contributed by atoms with van der Waals surface area (Å²) in [5, 5.41) is 3.24. The van der Waals surface area contributed by atoms with Crippen LogP contribution in [0.25, 0.3) is 0 Å². The Kier molecular flexibility index (Phi) is 1.30. The molecule has 0 aliphatic carbocycles. The minimum atomic E-state index is 0.278. The minimum Gasteiger partial charge on any atom is -0.315 e. The van der Waals surface area contributed by atoms with E-state index in [4.69, 9.17) is 0 Å². The van der Waals surface area contributed by atoms with Gasteiger partial charge < -0.3 is 5.32 Å². The summed E-state index contributed by atoms with van der Waals surface area (Å²) in [5.41, 5.74) is 0. The van der Waals surface area contributed by atoms with Crippen LogP contribution in [0.5, 0.6) is 0 Å². The van der Waals surface area contributed by atoms with Crippen LogP contribution in [0.3, 0.4) is 0 Å². The molecular formula is C5H11NS. The molecule has 0 aromatic heterocycles. The van der Waals surface area contributed by atoms with Crippen molar-refractivity contribution < 1.29 is 0 Å². The molecule has 1 N–H and O–H groups in total. The van der Waals surface area contributed by atoms with Crippen LogP contribution in [-0.2, 0) is 0 Å². The quantitative estimate of drug-likeness (QED) is 0.444. The van der Waals surface area contributed by atoms with Crippen molar-refractivity contribution in [2.24, 2.45) is 0 Å². The standard InChI is InChI=1S/C5H11NS/c1-5(7)2-3-6-4-5/h6-7H,2-4H2,1H3. The van der Waals surface area contributed by atoms with E-state index in [9.17, 15) is 0 Å². The van der Waals surface area contributed by atoms with Crippen LogP contribution >= 0.6 is 12.6 Å². The highest BCUT2D eigenvalue weighted by Crippen LogP contribution is 2.20. The van der Waals surface area contributed by atoms with E-state index >= 15 is 0 Å². The van der Waals surface area contributed by atoms with Crippen molar-refractivity contribution in [3.05, 3.63) is 0 Å². The van der Waals surface area contributed by atoms with Crippen LogP contribution in [0.1, 0.15) is 13.3 Å². The molecule has 1 unspecified atom stereocenters. The molecule has 0 bridgehead atoms. The highest BCUT2D eigenvalue weighted by Gasteiger charge is 2.22. The molecular weight excluding hydrogens is 106 g/mol. The van der Waals surface area contributed by atoms with Gasteiger partial charge in [0.15, 0.2) is 0 Å². The van der Waals surface area contributed by atoms with Crippen molar-refractivity contribution in [3.63, 3.8) is 0 Å². The molecule has 1 rings (SSSR count). The van der Waals surface area contributed by atoms with Gasteiger partial charge in [-0.15, -0.1) is 0 Å². The molecule has 42 valence electrons. The Bertz CT molecular complexity index is 62.5. The summed E-state index contributed by atoms with van der Waals surface area (Å²) in [6, 6.07) is 0. The van der Waals surface area contributed by atoms with Gasteiger partial charge in [-0.05, 0) is 19.9 Å². The van der Waals surface area contributed by atoms with E-state index in [2.05, 4.69) is 24.9 Å². The first-order chi connectivity index (χ1) is 3.21. The van der Waals surface area contributed by atoms with Crippen molar-refractivity contribution in [2.45, 2.75) is 18.1 Å². The molecule has 0 amide bonds. The average molecular weight is 117 g/mol. The summed E-state index contributed by atoms with van der Waals surface area (Å²) < 4.78 is 0.278. The van der Waals surface area contributed by atoms with Gasteiger partial charge in [0, 0.05) is 11.3 Å². The van der Waals surface area contributed by atoms with Gasteiger partial charge in [0.05, 0.1) is 0 Å². The maximum absolute atomic E-state index is 4.39. The normalized spacial score (nSPS) is 42.0. The van der Waals surface area contributed by atoms with Gasteiger partial charge in [-0.2, -0.15) is 12.6 Å². The second-order valence-electron chi connectivity index (χ2n) is 2.42. The molecule has 0 aromatic carbocycles. The third-order valence-electron chi connectivity index (χ3n) is 1.35. The minimum absolute atomic E-state index is 0.278. The maximum Gasteiger partial charge on any atom is 0.0238 e. The van der Waals surface area contributed by atoms with Gasteiger partial charge in [0.25, 0.3) is 0 Å². The Morgan fingerprint density at radius 3 is 2.57 bits per heavy atom. The molecule has 0 radical (unpaired) electrons. The van der Waals surface area contributed by atoms with Crippen molar-refractivity contribution in [2.75, 3.05) is 13.1 Å². The molecule has 7 heavy (non-hydrogen) atoms. The molecule has 1 heterocycles. The highest BCUT2D eigenvalue weighted by molar-refractivity contribution is 7.81. The van der Waals surface area contributed by atoms with Crippen molar-refractivity contribution in [3.8, 4) is 0 Å². The summed E-state index contributed by atoms with van der Waals surface area (Å²) in [6.45, 7) is 4.37. The molecule has 1 nitrogen and oxygen atoms in total. The average Bonchev–Trinajstić information content (AvgIpc) is 1.84. The van der Waals surface area contributed by atoms with E-state index in [0.29, 0.717) is 0 Å². The molecule has 1 aliphatic heterocycles. The first-order valence-corrected chi connectivity index (χ1v) is 3.09. The zero-order valence-electron chi connectivity index (χ0n) is 4.57. The van der Waals surface area contributed by atoms with Gasteiger partial charge in [-0.3, -0.25) is 0 Å². The molecule has 1 saturated heterocycles. The molecule has 1 atom stereocenters. The number of hydrogen-bond acceptors (Lipinski definition) is 2. The second-order valence-corrected chi connectivity index (χ2v) is 3.50. The van der Waals surface area contributed by atoms with Gasteiger partial charge in [-0.1, -0.05) is 0 Å². The number of rotatable bonds is 0. The SMILES string of the molecule is CC1(S)CCNC1. The first kappa shape index (κ1) is 5.45. The third-order valence-corrected chi connectivity index (χ3v) is 1.73. The van der Waals surface area contributed by atoms with Crippen LogP contribution in [0.2, 0.25) is 0 Å². The fourth-order valence-electron chi connectivity index (χ4n) is 0.804. The molecule has 0 saturated carbocycles. The highest BCUT2D eigenvalue weighted by atomic mass is 32.1. The van der Waals surface area contributed by atoms with E-state index in [1.807, 2.05) is 0 Å². The molecule has 0 spiro atoms. The molecule has 1 aliphatic rings. The van der Waals surface area contributed by atoms with Crippen molar-refractivity contribution in [1.29, 1.82) is 0 Å². The zero-order valence-corrected chi connectivity index (χ0v) is 5.46. The summed E-state index contributed by atoms with van der Waals surface area (Å²) in [4.78, 5) is 0. The maximum atomic E-state index is 4.39. The van der Waals surface area contributed by atoms with Gasteiger partial charge >= 0.3 is 0 Å². The third kappa shape index (κ3) is 1.35. The predicted molar refractivity (Wildman–Crippen MR) is 34.9 cm³/mol. The molecule has 0 aromatic rings. The van der Waals surface area contributed by atoms with E-state index in [1.165, 1.54) is 6.42 Å². The fourth-order valence-corrected chi connectivity index (χ4v) is 1.03. The van der Waals surface area contributed by atoms with E-state index in [1.54, 1.807) is 0 Å². The monoisotopic (exact) mass is 117 g/mol. The Morgan fingerprint density at radius 2 is 2.43 bits per heavy atom. The van der Waals surface area contributed by atoms with Crippen LogP contribution in [0.15, 0.2) is 0 Å². The van der Waals surface area contributed by atoms with Gasteiger partial charge in [0.1, 0.15) is 0 Å². The first-order valence-electron chi connectivity index (χ1n) is 2.64. The lowest BCUT2D eigenvalue weighted by molar-refractivity contribution is 0.719. The van der Waals surface area contributed by atoms with Crippen molar-refractivity contribution >= 4 is 12.6 Å².